The van der Waals surface area contributed by atoms with Crippen LogP contribution in [0.15, 0.2) is 46.8 Å². The van der Waals surface area contributed by atoms with Gasteiger partial charge in [-0.3, -0.25) is 28.8 Å². The number of fused-ring (bicyclic) bond motifs is 4. The Morgan fingerprint density at radius 2 is 1.46 bits per heavy atom. The van der Waals surface area contributed by atoms with Crippen LogP contribution < -0.4 is 21.3 Å². The van der Waals surface area contributed by atoms with Crippen LogP contribution in [0.5, 0.6) is 0 Å². The Morgan fingerprint density at radius 3 is 2.05 bits per heavy atom. The second-order valence-corrected chi connectivity index (χ2v) is 17.1. The van der Waals surface area contributed by atoms with Crippen LogP contribution in [0.2, 0.25) is 0 Å². The Hall–Kier alpha value is -5.03. The molecule has 2 aliphatic carbocycles. The van der Waals surface area contributed by atoms with Gasteiger partial charge in [0, 0.05) is 38.4 Å². The molecule has 0 saturated carbocycles. The molecule has 1 heterocycles. The zero-order chi connectivity index (χ0) is 46.6. The van der Waals surface area contributed by atoms with Crippen molar-refractivity contribution in [2.75, 3.05) is 27.2 Å². The molecule has 3 rings (SSSR count). The minimum Gasteiger partial charge on any atom is -0.508 e. The molecule has 0 saturated heterocycles. The third kappa shape index (κ3) is 16.2. The number of rotatable bonds is 23. The Morgan fingerprint density at radius 1 is 0.857 bits per heavy atom. The van der Waals surface area contributed by atoms with Gasteiger partial charge in [0.2, 0.25) is 35.4 Å². The Bertz CT molecular complexity index is 1740. The summed E-state index contributed by atoms with van der Waals surface area (Å²) in [5.41, 5.74) is 1.12. The lowest BCUT2D eigenvalue weighted by atomic mass is 9.79. The first-order chi connectivity index (χ1) is 30.0. The van der Waals surface area contributed by atoms with E-state index in [1.54, 1.807) is 12.2 Å². The number of nitrogens with one attached hydrogen (secondary N) is 4. The van der Waals surface area contributed by atoms with Gasteiger partial charge in [-0.2, -0.15) is 0 Å². The van der Waals surface area contributed by atoms with Crippen molar-refractivity contribution in [3.63, 3.8) is 0 Å². The number of allylic oxidation sites excluding steroid dienone is 2. The highest BCUT2D eigenvalue weighted by molar-refractivity contribution is 5.96. The molecule has 0 radical (unpaired) electrons. The van der Waals surface area contributed by atoms with Crippen LogP contribution in [0, 0.1) is 5.92 Å². The quantitative estimate of drug-likeness (QED) is 0.0692. The maximum absolute atomic E-state index is 13.9. The Labute approximate surface area is 371 Å². The summed E-state index contributed by atoms with van der Waals surface area (Å²) in [5.74, 6) is -6.39. The monoisotopic (exact) mass is 885 g/mol. The SMILES string of the molecule is CCCCCCCCCCCCCCCC(=O)N(C)[C@H](CO)C(=O)N[C@H](C)C(=O)NCC(=O)N(C)[C@@H]1C(=O)N[C@@H](C)C(=O)N[C@H](C(=O)O)CC2=CC[C@H](O)C(=C2)C2=C(O)C=C[C@H]1C2. The van der Waals surface area contributed by atoms with Crippen molar-refractivity contribution in [3.8, 4) is 0 Å². The molecule has 0 spiro atoms. The first-order valence-electron chi connectivity index (χ1n) is 22.7. The van der Waals surface area contributed by atoms with Crippen molar-refractivity contribution in [2.24, 2.45) is 5.92 Å². The first-order valence-corrected chi connectivity index (χ1v) is 22.7. The summed E-state index contributed by atoms with van der Waals surface area (Å²) in [4.78, 5) is 94.3. The van der Waals surface area contributed by atoms with Crippen LogP contribution in [0.25, 0.3) is 0 Å². The van der Waals surface area contributed by atoms with E-state index < -0.39 is 90.9 Å². The number of aliphatic hydroxyl groups is 3. The van der Waals surface area contributed by atoms with Crippen LogP contribution in [-0.4, -0.2) is 135 Å². The fourth-order valence-corrected chi connectivity index (χ4v) is 8.13. The van der Waals surface area contributed by atoms with E-state index in [-0.39, 0.29) is 37.3 Å². The number of amides is 6. The van der Waals surface area contributed by atoms with E-state index in [1.165, 1.54) is 103 Å². The highest BCUT2D eigenvalue weighted by Crippen LogP contribution is 2.36. The van der Waals surface area contributed by atoms with Gasteiger partial charge >= 0.3 is 5.97 Å². The summed E-state index contributed by atoms with van der Waals surface area (Å²) < 4.78 is 0. The highest BCUT2D eigenvalue weighted by Gasteiger charge is 2.39. The van der Waals surface area contributed by atoms with Crippen LogP contribution >= 0.6 is 0 Å². The van der Waals surface area contributed by atoms with Gasteiger partial charge in [-0.1, -0.05) is 102 Å². The average Bonchev–Trinajstić information content (AvgIpc) is 3.24. The lowest BCUT2D eigenvalue weighted by Crippen LogP contribution is -2.58. The fourth-order valence-electron chi connectivity index (χ4n) is 8.13. The molecular weight excluding hydrogens is 813 g/mol. The van der Waals surface area contributed by atoms with Gasteiger partial charge in [0.05, 0.1) is 19.3 Å². The molecule has 0 fully saturated rings. The van der Waals surface area contributed by atoms with Crippen molar-refractivity contribution in [3.05, 3.63) is 46.8 Å². The van der Waals surface area contributed by atoms with Crippen molar-refractivity contribution in [1.82, 2.24) is 31.1 Å². The maximum atomic E-state index is 13.9. The van der Waals surface area contributed by atoms with Gasteiger partial charge in [-0.05, 0) is 50.3 Å². The molecular formula is C46H72N6O11. The van der Waals surface area contributed by atoms with E-state index in [4.69, 9.17) is 0 Å². The predicted molar refractivity (Wildman–Crippen MR) is 237 cm³/mol. The topological polar surface area (TPSA) is 255 Å². The van der Waals surface area contributed by atoms with Gasteiger partial charge in [-0.25, -0.2) is 4.79 Å². The summed E-state index contributed by atoms with van der Waals surface area (Å²) in [6.45, 7) is 3.68. The number of unbranched alkanes of at least 4 members (excludes halogenated alkanes) is 12. The molecule has 6 amide bonds. The van der Waals surface area contributed by atoms with Gasteiger partial charge in [-0.15, -0.1) is 0 Å². The summed E-state index contributed by atoms with van der Waals surface area (Å²) >= 11 is 0. The zero-order valence-electron chi connectivity index (χ0n) is 37.8. The first kappa shape index (κ1) is 52.3. The number of nitrogens with zero attached hydrogens (tertiary/aromatic N) is 2. The number of aliphatic carboxylic acids is 1. The molecule has 4 bridgehead atoms. The number of hydrogen-bond donors (Lipinski definition) is 8. The number of likely N-dealkylation sites (N-methyl/N-ethyl adjacent to an activating group) is 2. The molecule has 0 aromatic rings. The maximum Gasteiger partial charge on any atom is 0.326 e. The smallest absolute Gasteiger partial charge is 0.326 e. The van der Waals surface area contributed by atoms with Crippen LogP contribution in [-0.2, 0) is 33.6 Å². The normalized spacial score (nSPS) is 22.3. The highest BCUT2D eigenvalue weighted by atomic mass is 16.4. The zero-order valence-corrected chi connectivity index (χ0v) is 37.8. The lowest BCUT2D eigenvalue weighted by molar-refractivity contribution is -0.143. The minimum atomic E-state index is -1.37. The molecule has 3 aliphatic rings. The third-order valence-corrected chi connectivity index (χ3v) is 12.2. The molecule has 8 N–H and O–H groups in total. The summed E-state index contributed by atoms with van der Waals surface area (Å²) in [6, 6.07) is -6.34. The largest absolute Gasteiger partial charge is 0.508 e. The Kier molecular flexibility index (Phi) is 22.1. The van der Waals surface area contributed by atoms with Crippen molar-refractivity contribution >= 4 is 41.4 Å². The van der Waals surface area contributed by atoms with Gasteiger partial charge in [0.25, 0.3) is 0 Å². The molecule has 352 valence electrons. The van der Waals surface area contributed by atoms with Gasteiger partial charge < -0.3 is 51.5 Å². The number of carboxylic acid groups (broad SMARTS) is 1. The number of aliphatic hydroxyl groups excluding tert-OH is 3. The van der Waals surface area contributed by atoms with E-state index in [0.29, 0.717) is 23.1 Å². The molecule has 63 heavy (non-hydrogen) atoms. The minimum absolute atomic E-state index is 0.0189. The third-order valence-electron chi connectivity index (χ3n) is 12.2. The second kappa shape index (κ2) is 26.6. The number of carboxylic acids is 1. The van der Waals surface area contributed by atoms with Crippen molar-refractivity contribution in [2.45, 2.75) is 166 Å². The molecule has 1 aliphatic heterocycles. The number of hydrogen-bond acceptors (Lipinski definition) is 10. The van der Waals surface area contributed by atoms with Gasteiger partial charge in [0.15, 0.2) is 0 Å². The molecule has 7 atom stereocenters. The molecule has 17 heteroatoms. The number of carbonyl (C=O) groups excluding carboxylic acids is 6. The van der Waals surface area contributed by atoms with E-state index >= 15 is 0 Å². The second-order valence-electron chi connectivity index (χ2n) is 17.1. The fraction of sp³-hybridized carbons (Fsp3) is 0.674. The van der Waals surface area contributed by atoms with Crippen molar-refractivity contribution < 1.29 is 54.0 Å². The van der Waals surface area contributed by atoms with E-state index in [2.05, 4.69) is 28.2 Å². The van der Waals surface area contributed by atoms with E-state index in [0.717, 1.165) is 24.2 Å². The summed E-state index contributed by atoms with van der Waals surface area (Å²) in [7, 11) is 2.76. The van der Waals surface area contributed by atoms with E-state index in [1.807, 2.05) is 0 Å². The Balaban J connectivity index is 1.57. The van der Waals surface area contributed by atoms with Crippen LogP contribution in [0.1, 0.15) is 130 Å². The van der Waals surface area contributed by atoms with E-state index in [9.17, 15) is 54.0 Å². The molecule has 0 aromatic heterocycles. The summed E-state index contributed by atoms with van der Waals surface area (Å²) in [5, 5.41) is 51.7. The summed E-state index contributed by atoms with van der Waals surface area (Å²) in [6.07, 6.45) is 20.4. The van der Waals surface area contributed by atoms with Crippen LogP contribution in [0.4, 0.5) is 0 Å². The average molecular weight is 885 g/mol. The van der Waals surface area contributed by atoms with Crippen molar-refractivity contribution in [1.29, 1.82) is 0 Å². The predicted octanol–water partition coefficient (Wildman–Crippen LogP) is 3.22. The number of carbonyl (C=O) groups is 7. The standard InChI is InChI=1S/C46H72N6O11/c1-6-7-8-9-10-11-12-13-14-15-16-17-18-19-39(56)51(4)36(28-53)44(60)48-29(2)42(58)47-27-40(57)52(5)41-32-21-23-38(55)34(26-32)33-24-31(20-22-37(33)54)25-35(46(62)63)50-43(59)30(3)49-45(41)61/h20-21,23-24,29-30,32,35-37,41,53-55H,6-19,22,25-28H2,1-5H3,(H,47,58)(H,48,60)(H,49,61)(H,50,59)(H,62,63)/t29-,30+,32+,35+,36-,37+,41+/m1/s1. The molecule has 17 nitrogen and oxygen atoms in total. The van der Waals surface area contributed by atoms with Crippen LogP contribution in [0.3, 0.4) is 0 Å². The van der Waals surface area contributed by atoms with Gasteiger partial charge in [0.1, 0.15) is 36.0 Å². The lowest BCUT2D eigenvalue weighted by Gasteiger charge is -2.36. The molecule has 0 aromatic carbocycles. The molecule has 0 unspecified atom stereocenters.